The first-order valence-electron chi connectivity index (χ1n) is 2.04. The molecule has 0 bridgehead atoms. The normalized spacial score (nSPS) is 11.9. The van der Waals surface area contributed by atoms with Crippen LogP contribution in [0.2, 0.25) is 0 Å². The lowest BCUT2D eigenvalue weighted by molar-refractivity contribution is 0.592. The molecule has 0 unspecified atom stereocenters. The lowest BCUT2D eigenvalue weighted by atomic mass is 10.6. The molecule has 0 aliphatic heterocycles. The highest BCUT2D eigenvalue weighted by Crippen LogP contribution is 2.56. The maximum absolute atomic E-state index is 10.3. The van der Waals surface area contributed by atoms with Crippen molar-refractivity contribution in [2.75, 3.05) is 6.16 Å². The second-order valence-corrected chi connectivity index (χ2v) is 6.68. The standard InChI is InChI=1S/C3H7Cl2OP/c1-2-3-7(4,5)6/h2-3H2,1H3. The Balaban J connectivity index is 3.36. The van der Waals surface area contributed by atoms with E-state index in [0.29, 0.717) is 6.16 Å². The van der Waals surface area contributed by atoms with Crippen LogP contribution in [0.1, 0.15) is 13.3 Å². The van der Waals surface area contributed by atoms with Crippen LogP contribution in [0.4, 0.5) is 0 Å². The molecule has 0 aromatic rings. The molecular weight excluding hydrogens is 154 g/mol. The van der Waals surface area contributed by atoms with Crippen molar-refractivity contribution in [3.8, 4) is 0 Å². The van der Waals surface area contributed by atoms with Crippen molar-refractivity contribution < 1.29 is 4.57 Å². The van der Waals surface area contributed by atoms with E-state index in [4.69, 9.17) is 22.5 Å². The molecule has 0 aromatic carbocycles. The molecule has 0 aromatic heterocycles. The van der Waals surface area contributed by atoms with Gasteiger partial charge in [0.1, 0.15) is 0 Å². The molecule has 44 valence electrons. The Labute approximate surface area is 52.9 Å². The van der Waals surface area contributed by atoms with E-state index >= 15 is 0 Å². The van der Waals surface area contributed by atoms with Crippen LogP contribution in [0, 0.1) is 0 Å². The number of hydrogen-bond acceptors (Lipinski definition) is 1. The molecule has 0 aliphatic carbocycles. The molecule has 0 rings (SSSR count). The van der Waals surface area contributed by atoms with Crippen molar-refractivity contribution in [1.82, 2.24) is 0 Å². The van der Waals surface area contributed by atoms with E-state index in [0.717, 1.165) is 6.42 Å². The highest BCUT2D eigenvalue weighted by Gasteiger charge is 2.09. The fraction of sp³-hybridized carbons (Fsp3) is 1.00. The van der Waals surface area contributed by atoms with Crippen LogP contribution >= 0.6 is 28.3 Å². The van der Waals surface area contributed by atoms with Gasteiger partial charge in [0.25, 0.3) is 5.85 Å². The quantitative estimate of drug-likeness (QED) is 0.568. The average molecular weight is 161 g/mol. The van der Waals surface area contributed by atoms with E-state index in [1.54, 1.807) is 0 Å². The highest BCUT2D eigenvalue weighted by molar-refractivity contribution is 8.08. The molecular formula is C3H7Cl2OP. The lowest BCUT2D eigenvalue weighted by Crippen LogP contribution is -1.69. The average Bonchev–Trinajstić information content (AvgIpc) is 1.30. The van der Waals surface area contributed by atoms with Gasteiger partial charge >= 0.3 is 0 Å². The van der Waals surface area contributed by atoms with Gasteiger partial charge in [0, 0.05) is 6.16 Å². The van der Waals surface area contributed by atoms with Gasteiger partial charge < -0.3 is 0 Å². The summed E-state index contributed by atoms with van der Waals surface area (Å²) >= 11 is 10.3. The third kappa shape index (κ3) is 6.81. The van der Waals surface area contributed by atoms with E-state index in [2.05, 4.69) is 0 Å². The van der Waals surface area contributed by atoms with E-state index in [1.807, 2.05) is 6.92 Å². The number of hydrogen-bond donors (Lipinski definition) is 0. The molecule has 7 heavy (non-hydrogen) atoms. The molecule has 0 saturated heterocycles. The summed E-state index contributed by atoms with van der Waals surface area (Å²) in [5.41, 5.74) is 0. The second-order valence-electron chi connectivity index (χ2n) is 1.29. The van der Waals surface area contributed by atoms with Crippen molar-refractivity contribution >= 4 is 28.3 Å². The Morgan fingerprint density at radius 1 is 1.57 bits per heavy atom. The van der Waals surface area contributed by atoms with Gasteiger partial charge in [-0.25, -0.2) is 0 Å². The zero-order chi connectivity index (χ0) is 5.91. The third-order valence-electron chi connectivity index (χ3n) is 0.484. The van der Waals surface area contributed by atoms with Gasteiger partial charge in [-0.3, -0.25) is 4.57 Å². The maximum Gasteiger partial charge on any atom is 0.253 e. The van der Waals surface area contributed by atoms with Gasteiger partial charge in [-0.05, 0) is 28.9 Å². The van der Waals surface area contributed by atoms with E-state index < -0.39 is 5.85 Å². The summed E-state index contributed by atoms with van der Waals surface area (Å²) < 4.78 is 10.3. The Bertz CT molecular complexity index is 86.9. The minimum absolute atomic E-state index is 0.427. The topological polar surface area (TPSA) is 17.1 Å². The monoisotopic (exact) mass is 160 g/mol. The SMILES string of the molecule is CCCP(=O)(Cl)Cl. The molecule has 0 radical (unpaired) electrons. The van der Waals surface area contributed by atoms with E-state index in [9.17, 15) is 4.57 Å². The largest absolute Gasteiger partial charge is 0.289 e. The van der Waals surface area contributed by atoms with Crippen LogP contribution in [0.5, 0.6) is 0 Å². The van der Waals surface area contributed by atoms with Gasteiger partial charge in [-0.15, -0.1) is 0 Å². The minimum atomic E-state index is -2.72. The summed E-state index contributed by atoms with van der Waals surface area (Å²) in [6, 6.07) is 0. The van der Waals surface area contributed by atoms with Gasteiger partial charge in [0.2, 0.25) is 0 Å². The van der Waals surface area contributed by atoms with Crippen molar-refractivity contribution in [2.45, 2.75) is 13.3 Å². The molecule has 0 fully saturated rings. The highest BCUT2D eigenvalue weighted by atomic mass is 35.9. The summed E-state index contributed by atoms with van der Waals surface area (Å²) in [6.07, 6.45) is 1.21. The molecule has 0 amide bonds. The van der Waals surface area contributed by atoms with Crippen LogP contribution in [0.15, 0.2) is 0 Å². The predicted molar refractivity (Wildman–Crippen MR) is 34.5 cm³/mol. The van der Waals surface area contributed by atoms with Crippen LogP contribution in [-0.2, 0) is 4.57 Å². The van der Waals surface area contributed by atoms with Gasteiger partial charge in [0.15, 0.2) is 0 Å². The smallest absolute Gasteiger partial charge is 0.253 e. The molecule has 0 N–H and O–H groups in total. The van der Waals surface area contributed by atoms with Crippen LogP contribution < -0.4 is 0 Å². The Morgan fingerprint density at radius 2 is 2.00 bits per heavy atom. The minimum Gasteiger partial charge on any atom is -0.289 e. The van der Waals surface area contributed by atoms with Crippen LogP contribution in [0.25, 0.3) is 0 Å². The van der Waals surface area contributed by atoms with Crippen LogP contribution in [-0.4, -0.2) is 6.16 Å². The van der Waals surface area contributed by atoms with Crippen molar-refractivity contribution in [1.29, 1.82) is 0 Å². The van der Waals surface area contributed by atoms with Crippen molar-refractivity contribution in [3.63, 3.8) is 0 Å². The lowest BCUT2D eigenvalue weighted by Gasteiger charge is -1.93. The molecule has 4 heteroatoms. The molecule has 1 nitrogen and oxygen atoms in total. The summed E-state index contributed by atoms with van der Waals surface area (Å²) in [7, 11) is 0. The van der Waals surface area contributed by atoms with Crippen molar-refractivity contribution in [3.05, 3.63) is 0 Å². The molecule has 0 spiro atoms. The summed E-state index contributed by atoms with van der Waals surface area (Å²) in [4.78, 5) is 0. The summed E-state index contributed by atoms with van der Waals surface area (Å²) in [5, 5.41) is 0. The van der Waals surface area contributed by atoms with Crippen LogP contribution in [0.3, 0.4) is 0 Å². The summed E-state index contributed by atoms with van der Waals surface area (Å²) in [5.74, 6) is -2.72. The van der Waals surface area contributed by atoms with Gasteiger partial charge in [-0.2, -0.15) is 0 Å². The first-order chi connectivity index (χ1) is 3.06. The summed E-state index contributed by atoms with van der Waals surface area (Å²) in [6.45, 7) is 1.89. The Morgan fingerprint density at radius 3 is 2.00 bits per heavy atom. The fourth-order valence-electron chi connectivity index (χ4n) is 0.260. The van der Waals surface area contributed by atoms with Gasteiger partial charge in [0.05, 0.1) is 0 Å². The molecule has 0 aliphatic rings. The first-order valence-corrected chi connectivity index (χ1v) is 5.75. The third-order valence-corrected chi connectivity index (χ3v) is 2.47. The van der Waals surface area contributed by atoms with Crippen molar-refractivity contribution in [2.24, 2.45) is 0 Å². The van der Waals surface area contributed by atoms with E-state index in [-0.39, 0.29) is 0 Å². The number of halogens is 2. The second kappa shape index (κ2) is 2.96. The zero-order valence-electron chi connectivity index (χ0n) is 4.03. The molecule has 0 atom stereocenters. The van der Waals surface area contributed by atoms with Gasteiger partial charge in [-0.1, -0.05) is 6.92 Å². The van der Waals surface area contributed by atoms with E-state index in [1.165, 1.54) is 0 Å². The first kappa shape index (κ1) is 7.81. The molecule has 0 heterocycles. The maximum atomic E-state index is 10.3. The Hall–Kier alpha value is 0.810. The Kier molecular flexibility index (Phi) is 3.30. The zero-order valence-corrected chi connectivity index (χ0v) is 6.43. The predicted octanol–water partition coefficient (Wildman–Crippen LogP) is 3.07. The number of rotatable bonds is 2. The molecule has 0 saturated carbocycles. The fourth-order valence-corrected chi connectivity index (χ4v) is 1.80.